The van der Waals surface area contributed by atoms with E-state index in [2.05, 4.69) is 6.58 Å². The van der Waals surface area contributed by atoms with Crippen LogP contribution in [0.5, 0.6) is 0 Å². The normalized spacial score (nSPS) is 11.6. The van der Waals surface area contributed by atoms with Crippen molar-refractivity contribution in [2.24, 2.45) is 0 Å². The first kappa shape index (κ1) is 8.44. The van der Waals surface area contributed by atoms with Gasteiger partial charge in [-0.3, -0.25) is 0 Å². The van der Waals surface area contributed by atoms with Crippen LogP contribution in [0, 0.1) is 0 Å². The van der Waals surface area contributed by atoms with Gasteiger partial charge < -0.3 is 5.11 Å². The van der Waals surface area contributed by atoms with E-state index in [-0.39, 0.29) is 6.61 Å². The Bertz CT molecular complexity index is 103. The molecule has 0 aromatic heterocycles. The van der Waals surface area contributed by atoms with Crippen LogP contribution in [0.2, 0.25) is 0 Å². The Morgan fingerprint density at radius 1 is 1.67 bits per heavy atom. The Hall–Kier alpha value is -0.560. The van der Waals surface area contributed by atoms with Crippen LogP contribution in [-0.4, -0.2) is 11.7 Å². The standard InChI is InChI=1S/C8H14O/c1-3-5-8(2)6-4-7-9/h3,6,9H,1,4-5,7H2,2H3/b8-6-. The van der Waals surface area contributed by atoms with Crippen LogP contribution in [0.3, 0.4) is 0 Å². The van der Waals surface area contributed by atoms with E-state index in [9.17, 15) is 0 Å². The van der Waals surface area contributed by atoms with E-state index in [0.717, 1.165) is 12.8 Å². The van der Waals surface area contributed by atoms with Crippen LogP contribution >= 0.6 is 0 Å². The highest BCUT2D eigenvalue weighted by molar-refractivity contribution is 5.02. The molecule has 0 rings (SSSR count). The minimum atomic E-state index is 0.245. The van der Waals surface area contributed by atoms with E-state index in [4.69, 9.17) is 5.11 Å². The summed E-state index contributed by atoms with van der Waals surface area (Å²) in [5.41, 5.74) is 1.28. The fraction of sp³-hybridized carbons (Fsp3) is 0.500. The van der Waals surface area contributed by atoms with Crippen LogP contribution in [-0.2, 0) is 0 Å². The highest BCUT2D eigenvalue weighted by Gasteiger charge is 1.82. The SMILES string of the molecule is C=CC/C(C)=C\CCO. The zero-order valence-electron chi connectivity index (χ0n) is 5.93. The van der Waals surface area contributed by atoms with Gasteiger partial charge in [-0.15, -0.1) is 6.58 Å². The Kier molecular flexibility index (Phi) is 5.23. The van der Waals surface area contributed by atoms with Gasteiger partial charge in [-0.25, -0.2) is 0 Å². The first-order valence-electron chi connectivity index (χ1n) is 3.18. The number of allylic oxidation sites excluding steroid dienone is 2. The van der Waals surface area contributed by atoms with Crippen molar-refractivity contribution in [2.45, 2.75) is 19.8 Å². The molecule has 0 aliphatic carbocycles. The Balaban J connectivity index is 3.42. The first-order valence-corrected chi connectivity index (χ1v) is 3.18. The van der Waals surface area contributed by atoms with Crippen LogP contribution < -0.4 is 0 Å². The largest absolute Gasteiger partial charge is 0.396 e. The predicted molar refractivity (Wildman–Crippen MR) is 40.3 cm³/mol. The van der Waals surface area contributed by atoms with Gasteiger partial charge in [-0.1, -0.05) is 17.7 Å². The van der Waals surface area contributed by atoms with Gasteiger partial charge in [0.1, 0.15) is 0 Å². The summed E-state index contributed by atoms with van der Waals surface area (Å²) in [7, 11) is 0. The number of aliphatic hydroxyl groups excluding tert-OH is 1. The zero-order chi connectivity index (χ0) is 7.11. The maximum absolute atomic E-state index is 8.41. The van der Waals surface area contributed by atoms with Crippen molar-refractivity contribution in [3.05, 3.63) is 24.3 Å². The van der Waals surface area contributed by atoms with Crippen LogP contribution in [0.25, 0.3) is 0 Å². The average Bonchev–Trinajstić information content (AvgIpc) is 1.85. The van der Waals surface area contributed by atoms with Crippen molar-refractivity contribution < 1.29 is 5.11 Å². The van der Waals surface area contributed by atoms with Gasteiger partial charge >= 0.3 is 0 Å². The third-order valence-electron chi connectivity index (χ3n) is 1.09. The maximum atomic E-state index is 8.41. The second-order valence-corrected chi connectivity index (χ2v) is 2.06. The minimum absolute atomic E-state index is 0.245. The van der Waals surface area contributed by atoms with Gasteiger partial charge in [0.2, 0.25) is 0 Å². The lowest BCUT2D eigenvalue weighted by atomic mass is 10.2. The number of rotatable bonds is 4. The lowest BCUT2D eigenvalue weighted by Gasteiger charge is -1.92. The van der Waals surface area contributed by atoms with Crippen LogP contribution in [0.15, 0.2) is 24.3 Å². The average molecular weight is 126 g/mol. The van der Waals surface area contributed by atoms with Gasteiger partial charge in [-0.05, 0) is 19.8 Å². The molecule has 0 fully saturated rings. The highest BCUT2D eigenvalue weighted by Crippen LogP contribution is 2.00. The number of hydrogen-bond donors (Lipinski definition) is 1. The van der Waals surface area contributed by atoms with Gasteiger partial charge in [-0.2, -0.15) is 0 Å². The molecule has 0 heterocycles. The fourth-order valence-electron chi connectivity index (χ4n) is 0.622. The summed E-state index contributed by atoms with van der Waals surface area (Å²) in [6.45, 7) is 5.89. The minimum Gasteiger partial charge on any atom is -0.396 e. The van der Waals surface area contributed by atoms with Crippen molar-refractivity contribution in [1.82, 2.24) is 0 Å². The lowest BCUT2D eigenvalue weighted by Crippen LogP contribution is -1.78. The van der Waals surface area contributed by atoms with Gasteiger partial charge in [0, 0.05) is 6.61 Å². The Labute approximate surface area is 56.7 Å². The molecule has 0 unspecified atom stereocenters. The van der Waals surface area contributed by atoms with E-state index in [1.165, 1.54) is 5.57 Å². The third-order valence-corrected chi connectivity index (χ3v) is 1.09. The quantitative estimate of drug-likeness (QED) is 0.570. The molecule has 1 N–H and O–H groups in total. The molecule has 52 valence electrons. The molecule has 0 bridgehead atoms. The summed E-state index contributed by atoms with van der Waals surface area (Å²) in [5.74, 6) is 0. The van der Waals surface area contributed by atoms with Crippen molar-refractivity contribution in [2.75, 3.05) is 6.61 Å². The number of aliphatic hydroxyl groups is 1. The molecule has 0 saturated heterocycles. The second kappa shape index (κ2) is 5.57. The van der Waals surface area contributed by atoms with Crippen molar-refractivity contribution >= 4 is 0 Å². The van der Waals surface area contributed by atoms with E-state index in [1.807, 2.05) is 19.1 Å². The summed E-state index contributed by atoms with van der Waals surface area (Å²) in [5, 5.41) is 8.41. The molecule has 0 spiro atoms. The summed E-state index contributed by atoms with van der Waals surface area (Å²) in [6.07, 6.45) is 5.59. The molecule has 0 aromatic carbocycles. The molecule has 1 nitrogen and oxygen atoms in total. The smallest absolute Gasteiger partial charge is 0.0465 e. The van der Waals surface area contributed by atoms with E-state index in [0.29, 0.717) is 0 Å². The van der Waals surface area contributed by atoms with Crippen molar-refractivity contribution in [3.63, 3.8) is 0 Å². The molecule has 0 aliphatic rings. The molecule has 1 heteroatoms. The summed E-state index contributed by atoms with van der Waals surface area (Å²) in [4.78, 5) is 0. The van der Waals surface area contributed by atoms with Crippen molar-refractivity contribution in [1.29, 1.82) is 0 Å². The zero-order valence-corrected chi connectivity index (χ0v) is 5.93. The Morgan fingerprint density at radius 2 is 2.33 bits per heavy atom. The molecule has 9 heavy (non-hydrogen) atoms. The molecule has 0 atom stereocenters. The van der Waals surface area contributed by atoms with E-state index >= 15 is 0 Å². The van der Waals surface area contributed by atoms with Crippen LogP contribution in [0.1, 0.15) is 19.8 Å². The third kappa shape index (κ3) is 5.31. The predicted octanol–water partition coefficient (Wildman–Crippen LogP) is 1.89. The maximum Gasteiger partial charge on any atom is 0.0465 e. The molecular formula is C8H14O. The first-order chi connectivity index (χ1) is 4.31. The van der Waals surface area contributed by atoms with Crippen LogP contribution in [0.4, 0.5) is 0 Å². The molecule has 0 aliphatic heterocycles. The van der Waals surface area contributed by atoms with Gasteiger partial charge in [0.15, 0.2) is 0 Å². The molecule has 0 saturated carbocycles. The van der Waals surface area contributed by atoms with Gasteiger partial charge in [0.25, 0.3) is 0 Å². The fourth-order valence-corrected chi connectivity index (χ4v) is 0.622. The monoisotopic (exact) mass is 126 g/mol. The highest BCUT2D eigenvalue weighted by atomic mass is 16.2. The summed E-state index contributed by atoms with van der Waals surface area (Å²) < 4.78 is 0. The number of hydrogen-bond acceptors (Lipinski definition) is 1. The van der Waals surface area contributed by atoms with E-state index < -0.39 is 0 Å². The molecule has 0 radical (unpaired) electrons. The topological polar surface area (TPSA) is 20.2 Å². The Morgan fingerprint density at radius 3 is 2.78 bits per heavy atom. The van der Waals surface area contributed by atoms with Gasteiger partial charge in [0.05, 0.1) is 0 Å². The molecular weight excluding hydrogens is 112 g/mol. The molecule has 0 amide bonds. The summed E-state index contributed by atoms with van der Waals surface area (Å²) >= 11 is 0. The van der Waals surface area contributed by atoms with E-state index in [1.54, 1.807) is 0 Å². The molecule has 0 aromatic rings. The summed E-state index contributed by atoms with van der Waals surface area (Å²) in [6, 6.07) is 0. The lowest BCUT2D eigenvalue weighted by molar-refractivity contribution is 0.302. The van der Waals surface area contributed by atoms with Crippen molar-refractivity contribution in [3.8, 4) is 0 Å². The second-order valence-electron chi connectivity index (χ2n) is 2.06.